The molecule has 0 saturated heterocycles. The number of nitrogens with one attached hydrogen (secondary N) is 1. The molecule has 0 aliphatic rings. The van der Waals surface area contributed by atoms with Crippen molar-refractivity contribution in [2.45, 2.75) is 34.1 Å². The first-order valence-corrected chi connectivity index (χ1v) is 10.3. The van der Waals surface area contributed by atoms with Gasteiger partial charge in [-0.1, -0.05) is 50.2 Å². The van der Waals surface area contributed by atoms with E-state index in [9.17, 15) is 5.26 Å². The van der Waals surface area contributed by atoms with Crippen molar-refractivity contribution in [1.82, 2.24) is 4.98 Å². The summed E-state index contributed by atoms with van der Waals surface area (Å²) in [5.41, 5.74) is 7.26. The molecule has 1 N–H and O–H groups in total. The summed E-state index contributed by atoms with van der Waals surface area (Å²) in [6.45, 7) is 8.60. The summed E-state index contributed by atoms with van der Waals surface area (Å²) in [5.74, 6) is 0.643. The molecule has 0 spiro atoms. The van der Waals surface area contributed by atoms with Crippen LogP contribution in [0.4, 0.5) is 5.69 Å². The molecule has 1 heterocycles. The zero-order valence-electron chi connectivity index (χ0n) is 16.8. The molecule has 0 radical (unpaired) electrons. The fraction of sp³-hybridized carbons (Fsp3) is 0.250. The van der Waals surface area contributed by atoms with E-state index in [2.05, 4.69) is 74.4 Å². The summed E-state index contributed by atoms with van der Waals surface area (Å²) in [6, 6.07) is 16.9. The van der Waals surface area contributed by atoms with Gasteiger partial charge >= 0.3 is 0 Å². The summed E-state index contributed by atoms with van der Waals surface area (Å²) in [6.07, 6.45) is 2.82. The van der Waals surface area contributed by atoms with Crippen LogP contribution in [0.1, 0.15) is 35.5 Å². The van der Waals surface area contributed by atoms with Crippen LogP contribution in [0.25, 0.3) is 16.8 Å². The number of thiazole rings is 1. The van der Waals surface area contributed by atoms with Crippen LogP contribution in [0.3, 0.4) is 0 Å². The van der Waals surface area contributed by atoms with Gasteiger partial charge in [0, 0.05) is 22.8 Å². The van der Waals surface area contributed by atoms with Crippen LogP contribution in [0.5, 0.6) is 0 Å². The van der Waals surface area contributed by atoms with Gasteiger partial charge < -0.3 is 5.32 Å². The Balaban J connectivity index is 1.79. The van der Waals surface area contributed by atoms with E-state index >= 15 is 0 Å². The topological polar surface area (TPSA) is 48.7 Å². The molecule has 4 heteroatoms. The average molecular weight is 388 g/mol. The average Bonchev–Trinajstić information content (AvgIpc) is 3.15. The Morgan fingerprint density at radius 3 is 2.61 bits per heavy atom. The standard InChI is InChI=1S/C24H25N3S/c1-16(2)12-19-8-10-20(11-9-19)23-15-28-24(27-23)21(13-25)14-26-22-7-5-6-17(3)18(22)4/h5-11,14-16,26H,12H2,1-4H3. The smallest absolute Gasteiger partial charge is 0.136 e. The predicted molar refractivity (Wildman–Crippen MR) is 119 cm³/mol. The van der Waals surface area contributed by atoms with Crippen molar-refractivity contribution in [2.24, 2.45) is 5.92 Å². The maximum absolute atomic E-state index is 9.59. The van der Waals surface area contributed by atoms with Crippen molar-refractivity contribution in [2.75, 3.05) is 5.32 Å². The minimum absolute atomic E-state index is 0.536. The minimum atomic E-state index is 0.536. The van der Waals surface area contributed by atoms with E-state index in [1.165, 1.54) is 28.0 Å². The molecule has 3 nitrogen and oxygen atoms in total. The maximum atomic E-state index is 9.59. The number of hydrogen-bond donors (Lipinski definition) is 1. The van der Waals surface area contributed by atoms with E-state index in [4.69, 9.17) is 0 Å². The van der Waals surface area contributed by atoms with Crippen LogP contribution in [-0.4, -0.2) is 4.98 Å². The molecule has 3 aromatic rings. The first-order valence-electron chi connectivity index (χ1n) is 9.46. The molecule has 0 aliphatic carbocycles. The molecule has 0 unspecified atom stereocenters. The Kier molecular flexibility index (Phi) is 6.28. The van der Waals surface area contributed by atoms with Gasteiger partial charge in [0.05, 0.1) is 5.69 Å². The Hall–Kier alpha value is -2.90. The quantitative estimate of drug-likeness (QED) is 0.485. The van der Waals surface area contributed by atoms with E-state index in [0.29, 0.717) is 11.5 Å². The number of aromatic nitrogens is 1. The van der Waals surface area contributed by atoms with Crippen molar-refractivity contribution >= 4 is 22.6 Å². The first-order chi connectivity index (χ1) is 13.5. The molecule has 0 saturated carbocycles. The van der Waals surface area contributed by atoms with E-state index < -0.39 is 0 Å². The molecule has 0 bridgehead atoms. The summed E-state index contributed by atoms with van der Waals surface area (Å²) in [4.78, 5) is 4.68. The molecule has 0 atom stereocenters. The van der Waals surface area contributed by atoms with E-state index in [-0.39, 0.29) is 0 Å². The van der Waals surface area contributed by atoms with Crippen LogP contribution in [0.15, 0.2) is 54.0 Å². The molecule has 3 rings (SSSR count). The Labute approximate surface area is 171 Å². The fourth-order valence-corrected chi connectivity index (χ4v) is 3.81. The minimum Gasteiger partial charge on any atom is -0.360 e. The molecule has 142 valence electrons. The van der Waals surface area contributed by atoms with Gasteiger partial charge in [-0.3, -0.25) is 0 Å². The Bertz CT molecular complexity index is 1020. The largest absolute Gasteiger partial charge is 0.360 e. The molecular formula is C24H25N3S. The van der Waals surface area contributed by atoms with Gasteiger partial charge in [-0.05, 0) is 48.9 Å². The number of nitrogens with zero attached hydrogens (tertiary/aromatic N) is 2. The van der Waals surface area contributed by atoms with E-state index in [0.717, 1.165) is 28.4 Å². The van der Waals surface area contributed by atoms with Gasteiger partial charge in [-0.25, -0.2) is 4.98 Å². The second kappa shape index (κ2) is 8.86. The van der Waals surface area contributed by atoms with Crippen molar-refractivity contribution in [3.05, 3.63) is 75.7 Å². The highest BCUT2D eigenvalue weighted by atomic mass is 32.1. The summed E-state index contributed by atoms with van der Waals surface area (Å²) in [7, 11) is 0. The lowest BCUT2D eigenvalue weighted by atomic mass is 10.0. The second-order valence-electron chi connectivity index (χ2n) is 7.39. The number of aryl methyl sites for hydroxylation is 1. The van der Waals surface area contributed by atoms with Gasteiger partial charge in [0.1, 0.15) is 16.6 Å². The van der Waals surface area contributed by atoms with E-state index in [1.807, 2.05) is 17.5 Å². The first kappa shape index (κ1) is 19.9. The summed E-state index contributed by atoms with van der Waals surface area (Å²) < 4.78 is 0. The number of rotatable bonds is 6. The molecule has 2 aromatic carbocycles. The highest BCUT2D eigenvalue weighted by molar-refractivity contribution is 7.11. The predicted octanol–water partition coefficient (Wildman–Crippen LogP) is 6.60. The maximum Gasteiger partial charge on any atom is 0.136 e. The van der Waals surface area contributed by atoms with Gasteiger partial charge in [0.25, 0.3) is 0 Å². The fourth-order valence-electron chi connectivity index (χ4n) is 3.01. The van der Waals surface area contributed by atoms with Crippen molar-refractivity contribution in [3.8, 4) is 17.3 Å². The normalized spacial score (nSPS) is 11.5. The number of allylic oxidation sites excluding steroid dienone is 1. The van der Waals surface area contributed by atoms with E-state index in [1.54, 1.807) is 6.20 Å². The second-order valence-corrected chi connectivity index (χ2v) is 8.25. The van der Waals surface area contributed by atoms with Crippen molar-refractivity contribution in [1.29, 1.82) is 5.26 Å². The monoisotopic (exact) mass is 387 g/mol. The van der Waals surface area contributed by atoms with Crippen LogP contribution in [-0.2, 0) is 6.42 Å². The summed E-state index contributed by atoms with van der Waals surface area (Å²) >= 11 is 1.49. The molecule has 28 heavy (non-hydrogen) atoms. The lowest BCUT2D eigenvalue weighted by Crippen LogP contribution is -1.95. The summed E-state index contributed by atoms with van der Waals surface area (Å²) in [5, 5.41) is 15.6. The van der Waals surface area contributed by atoms with Crippen LogP contribution in [0.2, 0.25) is 0 Å². The Morgan fingerprint density at radius 2 is 1.93 bits per heavy atom. The third-order valence-electron chi connectivity index (χ3n) is 4.73. The number of hydrogen-bond acceptors (Lipinski definition) is 4. The highest BCUT2D eigenvalue weighted by Gasteiger charge is 2.10. The zero-order valence-corrected chi connectivity index (χ0v) is 17.6. The number of benzene rings is 2. The number of anilines is 1. The van der Waals surface area contributed by atoms with Gasteiger partial charge in [0.2, 0.25) is 0 Å². The zero-order chi connectivity index (χ0) is 20.1. The lowest BCUT2D eigenvalue weighted by Gasteiger charge is -2.08. The van der Waals surface area contributed by atoms with Crippen LogP contribution in [0, 0.1) is 31.1 Å². The van der Waals surface area contributed by atoms with Crippen LogP contribution >= 0.6 is 11.3 Å². The number of nitriles is 1. The molecule has 1 aromatic heterocycles. The SMILES string of the molecule is Cc1cccc(NC=C(C#N)c2nc(-c3ccc(CC(C)C)cc3)cs2)c1C. The van der Waals surface area contributed by atoms with Crippen molar-refractivity contribution in [3.63, 3.8) is 0 Å². The van der Waals surface area contributed by atoms with Gasteiger partial charge in [-0.15, -0.1) is 11.3 Å². The molecular weight excluding hydrogens is 362 g/mol. The third-order valence-corrected chi connectivity index (χ3v) is 5.60. The molecule has 0 aliphatic heterocycles. The van der Waals surface area contributed by atoms with Crippen molar-refractivity contribution < 1.29 is 0 Å². The molecule has 0 fully saturated rings. The third kappa shape index (κ3) is 4.68. The van der Waals surface area contributed by atoms with Crippen LogP contribution < -0.4 is 5.32 Å². The Morgan fingerprint density at radius 1 is 1.18 bits per heavy atom. The lowest BCUT2D eigenvalue weighted by molar-refractivity contribution is 0.647. The highest BCUT2D eigenvalue weighted by Crippen LogP contribution is 2.27. The van der Waals surface area contributed by atoms with Gasteiger partial charge in [0.15, 0.2) is 0 Å². The molecule has 0 amide bonds. The van der Waals surface area contributed by atoms with Gasteiger partial charge in [-0.2, -0.15) is 5.26 Å².